The highest BCUT2D eigenvalue weighted by Crippen LogP contribution is 2.35. The Kier molecular flexibility index (Phi) is 10.9. The van der Waals surface area contributed by atoms with Gasteiger partial charge >= 0.3 is 6.09 Å². The van der Waals surface area contributed by atoms with E-state index in [1.165, 1.54) is 7.11 Å². The monoisotopic (exact) mass is 758 g/mol. The van der Waals surface area contributed by atoms with E-state index in [0.29, 0.717) is 24.4 Å². The first-order valence-corrected chi connectivity index (χ1v) is 19.1. The molecule has 2 aliphatic heterocycles. The molecule has 3 atom stereocenters. The molecule has 2 aliphatic rings. The highest BCUT2D eigenvalue weighted by atomic mass is 16.5. The van der Waals surface area contributed by atoms with Gasteiger partial charge in [0, 0.05) is 36.6 Å². The minimum Gasteiger partial charge on any atom is -0.453 e. The van der Waals surface area contributed by atoms with Gasteiger partial charge in [0.25, 0.3) is 5.91 Å². The maximum Gasteiger partial charge on any atom is 0.407 e. The van der Waals surface area contributed by atoms with E-state index in [1.807, 2.05) is 102 Å². The number of carbonyl (C=O) groups is 3. The Balaban J connectivity index is 0.894. The van der Waals surface area contributed by atoms with Crippen molar-refractivity contribution in [3.63, 3.8) is 0 Å². The molecule has 12 heteroatoms. The number of benzene rings is 3. The molecule has 2 fully saturated rings. The largest absolute Gasteiger partial charge is 0.453 e. The van der Waals surface area contributed by atoms with Crippen LogP contribution in [-0.4, -0.2) is 72.8 Å². The van der Waals surface area contributed by atoms with Gasteiger partial charge in [0.15, 0.2) is 0 Å². The first-order valence-electron chi connectivity index (χ1n) is 19.1. The molecule has 3 aromatic heterocycles. The molecule has 57 heavy (non-hydrogen) atoms. The molecular weight excluding hydrogens is 717 g/mol. The van der Waals surface area contributed by atoms with Gasteiger partial charge in [0.05, 0.1) is 49.4 Å². The van der Waals surface area contributed by atoms with E-state index in [4.69, 9.17) is 4.74 Å². The van der Waals surface area contributed by atoms with Crippen molar-refractivity contribution in [2.24, 2.45) is 0 Å². The van der Waals surface area contributed by atoms with E-state index in [2.05, 4.69) is 42.1 Å². The number of aromatic nitrogens is 5. The molecule has 3 unspecified atom stereocenters. The minimum absolute atomic E-state index is 0.0699. The number of amides is 3. The van der Waals surface area contributed by atoms with Gasteiger partial charge in [-0.3, -0.25) is 14.6 Å². The third-order valence-corrected chi connectivity index (χ3v) is 10.6. The van der Waals surface area contributed by atoms with Crippen molar-refractivity contribution in [2.75, 3.05) is 20.2 Å². The van der Waals surface area contributed by atoms with Crippen LogP contribution in [0, 0.1) is 11.8 Å². The van der Waals surface area contributed by atoms with Crippen LogP contribution in [0.4, 0.5) is 4.79 Å². The molecule has 12 nitrogen and oxygen atoms in total. The van der Waals surface area contributed by atoms with Crippen LogP contribution in [0.3, 0.4) is 0 Å². The highest BCUT2D eigenvalue weighted by molar-refractivity contribution is 5.87. The van der Waals surface area contributed by atoms with Crippen LogP contribution in [0.5, 0.6) is 0 Å². The second-order valence-corrected chi connectivity index (χ2v) is 14.2. The quantitative estimate of drug-likeness (QED) is 0.136. The molecule has 3 aromatic carbocycles. The average molecular weight is 759 g/mol. The Morgan fingerprint density at radius 3 is 1.89 bits per heavy atom. The molecule has 0 radical (unpaired) electrons. The van der Waals surface area contributed by atoms with Gasteiger partial charge in [-0.1, -0.05) is 72.5 Å². The molecule has 8 rings (SSSR count). The standard InChI is InChI=1S/C45H42N8O4/c1-57-45(56)51-41(35-9-3-2-4-10-35)44(55)53-25-7-12-39(53)43-48-29-37(50-43)34-21-17-31(18-22-34)14-13-30-15-19-33(20-16-30)36-28-47-42(49-36)38-11-6-24-52(38)40(54)26-32-8-5-23-46-27-32/h2-5,8-10,15-23,27-29,38-39,41H,6-7,11-12,24-26H2,1H3,(H,47,49)(H,48,50)(H,51,56). The number of alkyl carbamates (subject to hydrolysis) is 1. The van der Waals surface area contributed by atoms with Gasteiger partial charge in [-0.2, -0.15) is 0 Å². The lowest BCUT2D eigenvalue weighted by atomic mass is 10.1. The van der Waals surface area contributed by atoms with Crippen molar-refractivity contribution in [3.8, 4) is 34.4 Å². The molecule has 286 valence electrons. The van der Waals surface area contributed by atoms with Crippen molar-refractivity contribution in [1.29, 1.82) is 0 Å². The number of likely N-dealkylation sites (tertiary alicyclic amines) is 2. The van der Waals surface area contributed by atoms with Crippen molar-refractivity contribution >= 4 is 17.9 Å². The zero-order valence-electron chi connectivity index (χ0n) is 31.5. The van der Waals surface area contributed by atoms with Crippen LogP contribution in [0.15, 0.2) is 116 Å². The number of hydrogen-bond donors (Lipinski definition) is 3. The Labute approximate surface area is 330 Å². The van der Waals surface area contributed by atoms with Gasteiger partial charge < -0.3 is 29.8 Å². The van der Waals surface area contributed by atoms with Crippen molar-refractivity contribution in [2.45, 2.75) is 50.2 Å². The second-order valence-electron chi connectivity index (χ2n) is 14.2. The number of rotatable bonds is 9. The van der Waals surface area contributed by atoms with Crippen molar-refractivity contribution < 1.29 is 19.1 Å². The Morgan fingerprint density at radius 2 is 1.33 bits per heavy atom. The molecule has 6 aromatic rings. The summed E-state index contributed by atoms with van der Waals surface area (Å²) in [5.41, 5.74) is 7.03. The van der Waals surface area contributed by atoms with Crippen LogP contribution in [0.25, 0.3) is 22.5 Å². The molecule has 0 bridgehead atoms. The topological polar surface area (TPSA) is 149 Å². The molecular formula is C45H42N8O4. The Morgan fingerprint density at radius 1 is 0.754 bits per heavy atom. The number of aromatic amines is 2. The normalized spacial score (nSPS) is 16.8. The van der Waals surface area contributed by atoms with Gasteiger partial charge in [0.1, 0.15) is 17.7 Å². The van der Waals surface area contributed by atoms with Crippen LogP contribution in [0.2, 0.25) is 0 Å². The second kappa shape index (κ2) is 16.8. The van der Waals surface area contributed by atoms with Gasteiger partial charge in [-0.15, -0.1) is 0 Å². The van der Waals surface area contributed by atoms with Crippen LogP contribution >= 0.6 is 0 Å². The lowest BCUT2D eigenvalue weighted by Crippen LogP contribution is -2.42. The highest BCUT2D eigenvalue weighted by Gasteiger charge is 2.37. The number of hydrogen-bond acceptors (Lipinski definition) is 7. The third-order valence-electron chi connectivity index (χ3n) is 10.6. The number of carbonyl (C=O) groups excluding carboxylic acids is 3. The smallest absolute Gasteiger partial charge is 0.407 e. The summed E-state index contributed by atoms with van der Waals surface area (Å²) < 4.78 is 4.82. The van der Waals surface area contributed by atoms with Gasteiger partial charge in [-0.05, 0) is 78.3 Å². The fraction of sp³-hybridized carbons (Fsp3) is 0.244. The maximum absolute atomic E-state index is 13.8. The van der Waals surface area contributed by atoms with E-state index in [1.54, 1.807) is 23.5 Å². The van der Waals surface area contributed by atoms with Crippen molar-refractivity contribution in [1.82, 2.24) is 40.0 Å². The first-order chi connectivity index (χ1) is 27.9. The SMILES string of the molecule is COC(=O)NC(C(=O)N1CCCC1c1ncc(-c2ccc(C#Cc3ccc(-c4cnc(C5CCCN5C(=O)Cc5cccnc5)[nH]4)cc3)cc2)[nH]1)c1ccccc1. The fourth-order valence-electron chi connectivity index (χ4n) is 7.63. The Bertz CT molecular complexity index is 2400. The van der Waals surface area contributed by atoms with Gasteiger partial charge in [0.2, 0.25) is 5.91 Å². The fourth-order valence-corrected chi connectivity index (χ4v) is 7.63. The van der Waals surface area contributed by atoms with Crippen LogP contribution in [-0.2, 0) is 20.7 Å². The van der Waals surface area contributed by atoms with E-state index in [0.717, 1.165) is 77.3 Å². The maximum atomic E-state index is 13.8. The minimum atomic E-state index is -0.874. The summed E-state index contributed by atoms with van der Waals surface area (Å²) in [5, 5.41) is 2.71. The summed E-state index contributed by atoms with van der Waals surface area (Å²) in [6, 6.07) is 27.8. The predicted molar refractivity (Wildman–Crippen MR) is 214 cm³/mol. The molecule has 0 spiro atoms. The van der Waals surface area contributed by atoms with E-state index < -0.39 is 12.1 Å². The molecule has 3 N–H and O–H groups in total. The molecule has 2 saturated heterocycles. The third kappa shape index (κ3) is 8.33. The number of nitrogens with one attached hydrogen (secondary N) is 3. The predicted octanol–water partition coefficient (Wildman–Crippen LogP) is 6.93. The molecule has 3 amide bonds. The number of ether oxygens (including phenoxy) is 1. The lowest BCUT2D eigenvalue weighted by molar-refractivity contribution is -0.134. The summed E-state index contributed by atoms with van der Waals surface area (Å²) in [6.45, 7) is 1.28. The summed E-state index contributed by atoms with van der Waals surface area (Å²) in [4.78, 5) is 63.3. The number of methoxy groups -OCH3 is 1. The van der Waals surface area contributed by atoms with Crippen molar-refractivity contribution in [3.05, 3.63) is 150 Å². The number of pyridine rings is 1. The van der Waals surface area contributed by atoms with Crippen LogP contribution in [0.1, 0.15) is 77.7 Å². The number of imidazole rings is 2. The number of H-pyrrole nitrogens is 2. The summed E-state index contributed by atoms with van der Waals surface area (Å²) >= 11 is 0. The average Bonchev–Trinajstić information content (AvgIpc) is 4.10. The number of nitrogens with zero attached hydrogens (tertiary/aromatic N) is 5. The molecule has 5 heterocycles. The van der Waals surface area contributed by atoms with E-state index >= 15 is 0 Å². The first kappa shape index (κ1) is 36.9. The Hall–Kier alpha value is -7.00. The summed E-state index contributed by atoms with van der Waals surface area (Å²) in [5.74, 6) is 7.91. The van der Waals surface area contributed by atoms with Crippen LogP contribution < -0.4 is 5.32 Å². The zero-order chi connectivity index (χ0) is 39.1. The zero-order valence-corrected chi connectivity index (χ0v) is 31.5. The van der Waals surface area contributed by atoms with E-state index in [-0.39, 0.29) is 23.9 Å². The molecule has 0 saturated carbocycles. The van der Waals surface area contributed by atoms with Gasteiger partial charge in [-0.25, -0.2) is 14.8 Å². The lowest BCUT2D eigenvalue weighted by Gasteiger charge is -2.28. The summed E-state index contributed by atoms with van der Waals surface area (Å²) in [7, 11) is 1.28. The summed E-state index contributed by atoms with van der Waals surface area (Å²) in [6.07, 6.45) is 10.1. The van der Waals surface area contributed by atoms with E-state index in [9.17, 15) is 14.4 Å². The molecule has 0 aliphatic carbocycles.